The molecule has 2 heterocycles. The molecule has 0 aromatic heterocycles. The van der Waals surface area contributed by atoms with Crippen LogP contribution in [0.4, 0.5) is 0 Å². The molecule has 2 aliphatic rings. The number of carbonyl (C=O) groups excluding carboxylic acids is 1. The molecule has 0 saturated carbocycles. The van der Waals surface area contributed by atoms with E-state index in [9.17, 15) is 4.79 Å². The Bertz CT molecular complexity index is 578. The van der Waals surface area contributed by atoms with Crippen molar-refractivity contribution in [3.8, 4) is 0 Å². The van der Waals surface area contributed by atoms with Crippen molar-refractivity contribution >= 4 is 5.91 Å². The first-order valence-electron chi connectivity index (χ1n) is 9.37. The zero-order chi connectivity index (χ0) is 17.7. The van der Waals surface area contributed by atoms with Crippen LogP contribution in [0.25, 0.3) is 0 Å². The minimum Gasteiger partial charge on any atom is -0.381 e. The highest BCUT2D eigenvalue weighted by atomic mass is 16.5. The van der Waals surface area contributed by atoms with Crippen LogP contribution in [0.15, 0.2) is 24.3 Å². The number of nitrogens with two attached hydrogens (primary N) is 1. The maximum absolute atomic E-state index is 12.6. The van der Waals surface area contributed by atoms with Crippen LogP contribution in [0.3, 0.4) is 0 Å². The molecule has 1 amide bonds. The van der Waals surface area contributed by atoms with E-state index in [4.69, 9.17) is 15.2 Å². The van der Waals surface area contributed by atoms with Gasteiger partial charge in [0.25, 0.3) is 0 Å². The zero-order valence-corrected chi connectivity index (χ0v) is 15.1. The molecule has 0 radical (unpaired) electrons. The molecule has 1 aromatic rings. The van der Waals surface area contributed by atoms with E-state index >= 15 is 0 Å². The molecule has 1 aromatic carbocycles. The number of ether oxygens (including phenoxy) is 2. The summed E-state index contributed by atoms with van der Waals surface area (Å²) in [5.74, 6) is 0.184. The Morgan fingerprint density at radius 2 is 1.84 bits per heavy atom. The van der Waals surface area contributed by atoms with E-state index in [1.807, 2.05) is 0 Å². The van der Waals surface area contributed by atoms with E-state index in [2.05, 4.69) is 36.5 Å². The molecule has 0 aliphatic carbocycles. The first-order valence-corrected chi connectivity index (χ1v) is 9.37. The van der Waals surface area contributed by atoms with Gasteiger partial charge in [0, 0.05) is 38.4 Å². The van der Waals surface area contributed by atoms with Crippen LogP contribution >= 0.6 is 0 Å². The van der Waals surface area contributed by atoms with Crippen molar-refractivity contribution in [1.82, 2.24) is 5.32 Å². The summed E-state index contributed by atoms with van der Waals surface area (Å²) in [6.45, 7) is 5.64. The number of aryl methyl sites for hydroxylation is 1. The number of hydrogen-bond donors (Lipinski definition) is 2. The lowest BCUT2D eigenvalue weighted by Crippen LogP contribution is -2.51. The van der Waals surface area contributed by atoms with Gasteiger partial charge in [-0.25, -0.2) is 0 Å². The summed E-state index contributed by atoms with van der Waals surface area (Å²) in [5.41, 5.74) is 8.75. The van der Waals surface area contributed by atoms with Gasteiger partial charge in [-0.2, -0.15) is 0 Å². The van der Waals surface area contributed by atoms with E-state index in [1.165, 1.54) is 11.1 Å². The first kappa shape index (κ1) is 18.4. The second kappa shape index (κ2) is 8.30. The molecular formula is C20H30N2O3. The maximum Gasteiger partial charge on any atom is 0.237 e. The molecule has 5 heteroatoms. The van der Waals surface area contributed by atoms with Crippen molar-refractivity contribution in [2.24, 2.45) is 11.7 Å². The standard InChI is InChI=1S/C20H30N2O3/c1-15-4-2-3-5-17(15)20(8-12-25-13-9-20)14-22-19(23)18(21)16-6-10-24-11-7-16/h2-5,16,18H,6-14,21H2,1H3,(H,22,23). The average molecular weight is 346 g/mol. The van der Waals surface area contributed by atoms with Gasteiger partial charge in [0.1, 0.15) is 0 Å². The molecule has 2 saturated heterocycles. The van der Waals surface area contributed by atoms with E-state index < -0.39 is 6.04 Å². The largest absolute Gasteiger partial charge is 0.381 e. The van der Waals surface area contributed by atoms with Crippen molar-refractivity contribution in [3.63, 3.8) is 0 Å². The van der Waals surface area contributed by atoms with Crippen LogP contribution in [0.2, 0.25) is 0 Å². The van der Waals surface area contributed by atoms with Gasteiger partial charge >= 0.3 is 0 Å². The van der Waals surface area contributed by atoms with Crippen LogP contribution in [0, 0.1) is 12.8 Å². The van der Waals surface area contributed by atoms with E-state index in [-0.39, 0.29) is 17.2 Å². The molecule has 5 nitrogen and oxygen atoms in total. The molecule has 3 rings (SSSR count). The van der Waals surface area contributed by atoms with Gasteiger partial charge in [0.05, 0.1) is 6.04 Å². The van der Waals surface area contributed by atoms with Gasteiger partial charge in [0.2, 0.25) is 5.91 Å². The van der Waals surface area contributed by atoms with Crippen molar-refractivity contribution in [3.05, 3.63) is 35.4 Å². The van der Waals surface area contributed by atoms with Gasteiger partial charge in [-0.3, -0.25) is 4.79 Å². The normalized spacial score (nSPS) is 22.3. The summed E-state index contributed by atoms with van der Waals surface area (Å²) < 4.78 is 11.0. The molecule has 0 spiro atoms. The molecule has 1 atom stereocenters. The fourth-order valence-electron chi connectivity index (χ4n) is 4.13. The molecule has 138 valence electrons. The van der Waals surface area contributed by atoms with Crippen molar-refractivity contribution in [1.29, 1.82) is 0 Å². The van der Waals surface area contributed by atoms with Gasteiger partial charge in [-0.1, -0.05) is 24.3 Å². The molecule has 3 N–H and O–H groups in total. The second-order valence-corrected chi connectivity index (χ2v) is 7.40. The summed E-state index contributed by atoms with van der Waals surface area (Å²) in [7, 11) is 0. The fourth-order valence-corrected chi connectivity index (χ4v) is 4.13. The maximum atomic E-state index is 12.6. The Hall–Kier alpha value is -1.43. The van der Waals surface area contributed by atoms with E-state index in [0.29, 0.717) is 19.8 Å². The Balaban J connectivity index is 1.69. The predicted octanol–water partition coefficient (Wildman–Crippen LogP) is 1.91. The molecule has 25 heavy (non-hydrogen) atoms. The van der Waals surface area contributed by atoms with Crippen LogP contribution < -0.4 is 11.1 Å². The third-order valence-electron chi connectivity index (χ3n) is 5.84. The zero-order valence-electron chi connectivity index (χ0n) is 15.1. The van der Waals surface area contributed by atoms with Crippen molar-refractivity contribution < 1.29 is 14.3 Å². The van der Waals surface area contributed by atoms with E-state index in [0.717, 1.165) is 38.9 Å². The molecule has 2 fully saturated rings. The highest BCUT2D eigenvalue weighted by Crippen LogP contribution is 2.36. The van der Waals surface area contributed by atoms with Crippen LogP contribution in [-0.2, 0) is 19.7 Å². The Kier molecular flexibility index (Phi) is 6.10. The van der Waals surface area contributed by atoms with Gasteiger partial charge in [-0.05, 0) is 49.7 Å². The minimum atomic E-state index is -0.447. The average Bonchev–Trinajstić information content (AvgIpc) is 2.67. The van der Waals surface area contributed by atoms with Crippen LogP contribution in [0.5, 0.6) is 0 Å². The monoisotopic (exact) mass is 346 g/mol. The lowest BCUT2D eigenvalue weighted by atomic mass is 9.72. The quantitative estimate of drug-likeness (QED) is 0.854. The summed E-state index contributed by atoms with van der Waals surface area (Å²) in [4.78, 5) is 12.6. The Morgan fingerprint density at radius 1 is 1.20 bits per heavy atom. The summed E-state index contributed by atoms with van der Waals surface area (Å²) in [6, 6.07) is 8.02. The summed E-state index contributed by atoms with van der Waals surface area (Å²) in [5, 5.41) is 3.16. The number of amides is 1. The third-order valence-corrected chi connectivity index (χ3v) is 5.84. The van der Waals surface area contributed by atoms with Gasteiger partial charge in [-0.15, -0.1) is 0 Å². The highest BCUT2D eigenvalue weighted by molar-refractivity contribution is 5.82. The lowest BCUT2D eigenvalue weighted by molar-refractivity contribution is -0.124. The first-order chi connectivity index (χ1) is 12.1. The third kappa shape index (κ3) is 4.22. The van der Waals surface area contributed by atoms with Crippen molar-refractivity contribution in [2.45, 2.75) is 44.1 Å². The number of rotatable bonds is 5. The summed E-state index contributed by atoms with van der Waals surface area (Å²) in [6.07, 6.45) is 3.58. The smallest absolute Gasteiger partial charge is 0.237 e. The predicted molar refractivity (Wildman–Crippen MR) is 97.4 cm³/mol. The highest BCUT2D eigenvalue weighted by Gasteiger charge is 2.36. The van der Waals surface area contributed by atoms with Crippen LogP contribution in [0.1, 0.15) is 36.8 Å². The van der Waals surface area contributed by atoms with E-state index in [1.54, 1.807) is 0 Å². The van der Waals surface area contributed by atoms with Gasteiger partial charge in [0.15, 0.2) is 0 Å². The number of benzene rings is 1. The molecule has 2 aliphatic heterocycles. The van der Waals surface area contributed by atoms with Gasteiger partial charge < -0.3 is 20.5 Å². The minimum absolute atomic E-state index is 0.0358. The number of carbonyl (C=O) groups is 1. The molecule has 1 unspecified atom stereocenters. The number of hydrogen-bond acceptors (Lipinski definition) is 4. The van der Waals surface area contributed by atoms with Crippen LogP contribution in [-0.4, -0.2) is 44.9 Å². The molecule has 0 bridgehead atoms. The summed E-state index contributed by atoms with van der Waals surface area (Å²) >= 11 is 0. The topological polar surface area (TPSA) is 73.6 Å². The number of nitrogens with one attached hydrogen (secondary N) is 1. The van der Waals surface area contributed by atoms with Crippen molar-refractivity contribution in [2.75, 3.05) is 33.0 Å². The lowest BCUT2D eigenvalue weighted by Gasteiger charge is -2.39. The fraction of sp³-hybridized carbons (Fsp3) is 0.650. The Labute approximate surface area is 150 Å². The molecular weight excluding hydrogens is 316 g/mol. The Morgan fingerprint density at radius 3 is 2.52 bits per heavy atom. The second-order valence-electron chi connectivity index (χ2n) is 7.40. The SMILES string of the molecule is Cc1ccccc1C1(CNC(=O)C(N)C2CCOCC2)CCOCC1.